The highest BCUT2D eigenvalue weighted by atomic mass is 19.1. The third-order valence-corrected chi connectivity index (χ3v) is 7.15. The van der Waals surface area contributed by atoms with Gasteiger partial charge in [-0.15, -0.1) is 0 Å². The van der Waals surface area contributed by atoms with E-state index in [0.29, 0.717) is 24.6 Å². The number of halogens is 1. The average Bonchev–Trinajstić information content (AvgIpc) is 3.22. The van der Waals surface area contributed by atoms with Crippen LogP contribution in [0.3, 0.4) is 0 Å². The van der Waals surface area contributed by atoms with Crippen LogP contribution in [0, 0.1) is 5.82 Å². The Bertz CT molecular complexity index is 1540. The number of nitrogens with one attached hydrogen (secondary N) is 1. The zero-order chi connectivity index (χ0) is 26.3. The normalized spacial score (nSPS) is 15.0. The van der Waals surface area contributed by atoms with Crippen molar-refractivity contribution in [1.29, 1.82) is 0 Å². The van der Waals surface area contributed by atoms with Crippen molar-refractivity contribution in [2.75, 3.05) is 31.1 Å². The molecule has 0 unspecified atom stereocenters. The molecular weight excluding hydrogens is 471 g/mol. The summed E-state index contributed by atoms with van der Waals surface area (Å²) in [5.74, 6) is 0.213. The van der Waals surface area contributed by atoms with Gasteiger partial charge in [0.15, 0.2) is 11.2 Å². The molecule has 1 aliphatic heterocycles. The number of hydrogen-bond acceptors (Lipinski definition) is 5. The van der Waals surface area contributed by atoms with E-state index >= 15 is 0 Å². The van der Waals surface area contributed by atoms with Crippen molar-refractivity contribution in [3.63, 3.8) is 0 Å². The second-order valence-corrected chi connectivity index (χ2v) is 10.8. The summed E-state index contributed by atoms with van der Waals surface area (Å²) in [5, 5.41) is 0. The predicted octanol–water partition coefficient (Wildman–Crippen LogP) is 3.23. The van der Waals surface area contributed by atoms with Crippen LogP contribution < -0.4 is 16.1 Å². The first kappa shape index (κ1) is 25.0. The topological polar surface area (TPSA) is 79.2 Å². The first-order valence-electron chi connectivity index (χ1n) is 12.6. The Morgan fingerprint density at radius 1 is 0.946 bits per heavy atom. The number of nitrogens with zero attached hydrogens (tertiary/aromatic N) is 5. The molecule has 1 N–H and O–H groups in total. The summed E-state index contributed by atoms with van der Waals surface area (Å²) in [6.45, 7) is 10.7. The molecule has 37 heavy (non-hydrogen) atoms. The van der Waals surface area contributed by atoms with Gasteiger partial charge in [-0.1, -0.05) is 63.2 Å². The van der Waals surface area contributed by atoms with Crippen molar-refractivity contribution in [3.05, 3.63) is 91.9 Å². The lowest BCUT2D eigenvalue weighted by Gasteiger charge is -2.35. The number of piperazine rings is 1. The number of aromatic amines is 1. The maximum absolute atomic E-state index is 14.6. The molecule has 1 saturated heterocycles. The summed E-state index contributed by atoms with van der Waals surface area (Å²) in [6.07, 6.45) is 0. The molecule has 0 atom stereocenters. The number of fused-ring (bicyclic) bond motifs is 1. The van der Waals surface area contributed by atoms with Gasteiger partial charge in [0.1, 0.15) is 5.82 Å². The van der Waals surface area contributed by atoms with Gasteiger partial charge in [-0.2, -0.15) is 4.98 Å². The second-order valence-electron chi connectivity index (χ2n) is 10.8. The van der Waals surface area contributed by atoms with Crippen molar-refractivity contribution in [2.45, 2.75) is 39.3 Å². The number of benzene rings is 2. The van der Waals surface area contributed by atoms with E-state index in [-0.39, 0.29) is 28.9 Å². The van der Waals surface area contributed by atoms with Crippen molar-refractivity contribution in [2.24, 2.45) is 7.05 Å². The van der Waals surface area contributed by atoms with Crippen molar-refractivity contribution in [3.8, 4) is 0 Å². The van der Waals surface area contributed by atoms with Gasteiger partial charge in [0, 0.05) is 45.3 Å². The summed E-state index contributed by atoms with van der Waals surface area (Å²) >= 11 is 0. The standard InChI is InChI=1S/C28H33FN6O2/c1-28(2,3)21-11-9-19(10-12-21)17-33-13-15-34(16-14-33)26-30-24-23(25(36)32(4)27(37)31-24)35(26)18-20-7-5-6-8-22(20)29/h5-12H,13-18H2,1-4H3,(H,31,37). The lowest BCUT2D eigenvalue weighted by atomic mass is 9.87. The Kier molecular flexibility index (Phi) is 6.49. The largest absolute Gasteiger partial charge is 0.340 e. The molecule has 0 saturated carbocycles. The molecule has 9 heteroatoms. The number of rotatable bonds is 5. The molecule has 194 valence electrons. The Balaban J connectivity index is 1.40. The van der Waals surface area contributed by atoms with Gasteiger partial charge in [0.2, 0.25) is 5.95 Å². The smallest absolute Gasteiger partial charge is 0.329 e. The van der Waals surface area contributed by atoms with Gasteiger partial charge in [0.25, 0.3) is 5.56 Å². The first-order chi connectivity index (χ1) is 17.6. The number of hydrogen-bond donors (Lipinski definition) is 1. The second kappa shape index (κ2) is 9.63. The highest BCUT2D eigenvalue weighted by Gasteiger charge is 2.25. The summed E-state index contributed by atoms with van der Waals surface area (Å²) in [4.78, 5) is 37.1. The number of aromatic nitrogens is 4. The minimum Gasteiger partial charge on any atom is -0.340 e. The maximum atomic E-state index is 14.6. The Hall–Kier alpha value is -3.72. The third kappa shape index (κ3) is 4.96. The fourth-order valence-corrected chi connectivity index (χ4v) is 4.84. The number of anilines is 1. The van der Waals surface area contributed by atoms with E-state index in [1.165, 1.54) is 24.2 Å². The van der Waals surface area contributed by atoms with E-state index in [1.54, 1.807) is 22.8 Å². The highest BCUT2D eigenvalue weighted by molar-refractivity contribution is 5.74. The molecule has 0 bridgehead atoms. The maximum Gasteiger partial charge on any atom is 0.329 e. The molecule has 1 aliphatic rings. The first-order valence-corrected chi connectivity index (χ1v) is 12.6. The molecular formula is C28H33FN6O2. The predicted molar refractivity (Wildman–Crippen MR) is 144 cm³/mol. The van der Waals surface area contributed by atoms with Gasteiger partial charge in [-0.3, -0.25) is 23.8 Å². The van der Waals surface area contributed by atoms with E-state index in [9.17, 15) is 14.0 Å². The third-order valence-electron chi connectivity index (χ3n) is 7.15. The summed E-state index contributed by atoms with van der Waals surface area (Å²) in [5.41, 5.74) is 2.68. The van der Waals surface area contributed by atoms with Gasteiger partial charge < -0.3 is 4.90 Å². The highest BCUT2D eigenvalue weighted by Crippen LogP contribution is 2.25. The van der Waals surface area contributed by atoms with E-state index in [1.807, 2.05) is 0 Å². The van der Waals surface area contributed by atoms with Crippen LogP contribution >= 0.6 is 0 Å². The van der Waals surface area contributed by atoms with Gasteiger partial charge >= 0.3 is 5.69 Å². The molecule has 2 aromatic carbocycles. The lowest BCUT2D eigenvalue weighted by molar-refractivity contribution is 0.248. The van der Waals surface area contributed by atoms with Crippen LogP contribution in [0.1, 0.15) is 37.5 Å². The van der Waals surface area contributed by atoms with E-state index in [0.717, 1.165) is 24.2 Å². The summed E-state index contributed by atoms with van der Waals surface area (Å²) in [7, 11) is 1.42. The van der Waals surface area contributed by atoms with Gasteiger partial charge in [-0.25, -0.2) is 9.18 Å². The zero-order valence-electron chi connectivity index (χ0n) is 21.8. The minimum absolute atomic E-state index is 0.129. The number of H-pyrrole nitrogens is 1. The van der Waals surface area contributed by atoms with E-state index < -0.39 is 11.2 Å². The summed E-state index contributed by atoms with van der Waals surface area (Å²) < 4.78 is 17.3. The molecule has 0 amide bonds. The molecule has 1 fully saturated rings. The van der Waals surface area contributed by atoms with Crippen LogP contribution in [0.25, 0.3) is 11.2 Å². The molecule has 0 aliphatic carbocycles. The van der Waals surface area contributed by atoms with Gasteiger partial charge in [0.05, 0.1) is 6.54 Å². The fraction of sp³-hybridized carbons (Fsp3) is 0.393. The van der Waals surface area contributed by atoms with Crippen molar-refractivity contribution >= 4 is 17.1 Å². The Morgan fingerprint density at radius 3 is 2.27 bits per heavy atom. The van der Waals surface area contributed by atoms with Gasteiger partial charge in [-0.05, 0) is 22.6 Å². The van der Waals surface area contributed by atoms with Crippen LogP contribution in [0.15, 0.2) is 58.1 Å². The molecule has 3 heterocycles. The van der Waals surface area contributed by atoms with Crippen molar-refractivity contribution in [1.82, 2.24) is 24.0 Å². The van der Waals surface area contributed by atoms with E-state index in [2.05, 4.69) is 64.8 Å². The average molecular weight is 505 g/mol. The molecule has 2 aromatic heterocycles. The summed E-state index contributed by atoms with van der Waals surface area (Å²) in [6, 6.07) is 15.3. The van der Waals surface area contributed by atoms with Crippen molar-refractivity contribution < 1.29 is 4.39 Å². The Morgan fingerprint density at radius 2 is 1.62 bits per heavy atom. The van der Waals surface area contributed by atoms with Crippen LogP contribution in [0.2, 0.25) is 0 Å². The molecule has 4 aromatic rings. The molecule has 5 rings (SSSR count). The molecule has 0 radical (unpaired) electrons. The minimum atomic E-state index is -0.526. The van der Waals surface area contributed by atoms with Crippen LogP contribution in [-0.4, -0.2) is 50.2 Å². The van der Waals surface area contributed by atoms with Crippen LogP contribution in [0.4, 0.5) is 10.3 Å². The zero-order valence-corrected chi connectivity index (χ0v) is 21.8. The quantitative estimate of drug-likeness (QED) is 0.452. The Labute approximate surface area is 215 Å². The monoisotopic (exact) mass is 504 g/mol. The number of imidazole rings is 1. The van der Waals surface area contributed by atoms with Crippen LogP contribution in [-0.2, 0) is 25.6 Å². The molecule has 0 spiro atoms. The fourth-order valence-electron chi connectivity index (χ4n) is 4.84. The lowest BCUT2D eigenvalue weighted by Crippen LogP contribution is -2.47. The SMILES string of the molecule is Cn1c(=O)[nH]c2nc(N3CCN(Cc4ccc(C(C)(C)C)cc4)CC3)n(Cc3ccccc3F)c2c1=O. The van der Waals surface area contributed by atoms with Crippen LogP contribution in [0.5, 0.6) is 0 Å². The molecule has 8 nitrogen and oxygen atoms in total. The van der Waals surface area contributed by atoms with E-state index in [4.69, 9.17) is 0 Å².